The van der Waals surface area contributed by atoms with Crippen LogP contribution < -0.4 is 4.74 Å². The van der Waals surface area contributed by atoms with Gasteiger partial charge >= 0.3 is 0 Å². The number of thioether (sulfide) groups is 1. The van der Waals surface area contributed by atoms with Crippen LogP contribution in [0.2, 0.25) is 5.02 Å². The molecule has 0 unspecified atom stereocenters. The number of ether oxygens (including phenoxy) is 1. The monoisotopic (exact) mass is 431 g/mol. The lowest BCUT2D eigenvalue weighted by atomic mass is 10.1. The van der Waals surface area contributed by atoms with E-state index in [2.05, 4.69) is 33.7 Å². The topological polar surface area (TPSA) is 39.4 Å². The second kappa shape index (κ2) is 8.01. The van der Waals surface area contributed by atoms with E-state index >= 15 is 0 Å². The molecule has 0 spiro atoms. The largest absolute Gasteiger partial charge is 0.457 e. The Morgan fingerprint density at radius 1 is 0.900 bits per heavy atom. The molecular weight excluding hydrogens is 414 g/mol. The predicted octanol–water partition coefficient (Wildman–Crippen LogP) is 6.93. The van der Waals surface area contributed by atoms with E-state index in [0.717, 1.165) is 55.1 Å². The molecule has 0 atom stereocenters. The van der Waals surface area contributed by atoms with Gasteiger partial charge in [0.2, 0.25) is 0 Å². The van der Waals surface area contributed by atoms with Crippen molar-refractivity contribution in [2.75, 3.05) is 0 Å². The summed E-state index contributed by atoms with van der Waals surface area (Å²) >= 11 is 7.86. The molecule has 5 rings (SSSR count). The van der Waals surface area contributed by atoms with Gasteiger partial charge in [-0.25, -0.2) is 0 Å². The second-order valence-corrected chi connectivity index (χ2v) is 8.40. The highest BCUT2D eigenvalue weighted by Crippen LogP contribution is 2.30. The Bertz CT molecular complexity index is 1350. The van der Waals surface area contributed by atoms with Crippen molar-refractivity contribution in [2.45, 2.75) is 17.8 Å². The first kappa shape index (κ1) is 19.0. The number of aryl methyl sites for hydroxylation is 1. The summed E-state index contributed by atoms with van der Waals surface area (Å²) in [5.41, 5.74) is 4.19. The third kappa shape index (κ3) is 3.74. The lowest BCUT2D eigenvalue weighted by Gasteiger charge is -2.09. The van der Waals surface area contributed by atoms with Crippen molar-refractivity contribution in [3.63, 3.8) is 0 Å². The number of halogens is 1. The van der Waals surface area contributed by atoms with Crippen LogP contribution in [0.4, 0.5) is 0 Å². The summed E-state index contributed by atoms with van der Waals surface area (Å²) in [6, 6.07) is 25.9. The van der Waals surface area contributed by atoms with E-state index < -0.39 is 0 Å². The molecule has 0 aliphatic rings. The molecule has 0 saturated carbocycles. The fourth-order valence-corrected chi connectivity index (χ4v) is 4.52. The first-order chi connectivity index (χ1) is 14.7. The summed E-state index contributed by atoms with van der Waals surface area (Å²) in [6.07, 6.45) is 0. The lowest BCUT2D eigenvalue weighted by molar-refractivity contribution is 0.482. The Hall–Kier alpha value is -3.02. The minimum Gasteiger partial charge on any atom is -0.457 e. The van der Waals surface area contributed by atoms with Crippen LogP contribution >= 0.6 is 23.4 Å². The first-order valence-corrected chi connectivity index (χ1v) is 10.9. The molecule has 0 aliphatic heterocycles. The molecule has 4 nitrogen and oxygen atoms in total. The highest BCUT2D eigenvalue weighted by molar-refractivity contribution is 7.98. The molecule has 0 N–H and O–H groups in total. The summed E-state index contributed by atoms with van der Waals surface area (Å²) in [6.45, 7) is 2.07. The number of nitrogens with zero attached hydrogens (tertiary/aromatic N) is 3. The number of hydrogen-bond acceptors (Lipinski definition) is 4. The van der Waals surface area contributed by atoms with Gasteiger partial charge in [0.15, 0.2) is 10.8 Å². The van der Waals surface area contributed by atoms with Gasteiger partial charge in [-0.1, -0.05) is 53.7 Å². The van der Waals surface area contributed by atoms with Crippen LogP contribution in [0.15, 0.2) is 84.0 Å². The molecule has 6 heteroatoms. The summed E-state index contributed by atoms with van der Waals surface area (Å²) < 4.78 is 8.04. The smallest absolute Gasteiger partial charge is 0.196 e. The Labute approximate surface area is 183 Å². The summed E-state index contributed by atoms with van der Waals surface area (Å²) in [5, 5.41) is 11.5. The van der Waals surface area contributed by atoms with Crippen molar-refractivity contribution in [3.05, 3.63) is 95.0 Å². The van der Waals surface area contributed by atoms with Crippen LogP contribution in [0, 0.1) is 6.92 Å². The van der Waals surface area contributed by atoms with Gasteiger partial charge in [0.05, 0.1) is 5.52 Å². The maximum absolute atomic E-state index is 6.21. The second-order valence-electron chi connectivity index (χ2n) is 7.02. The van der Waals surface area contributed by atoms with Gasteiger partial charge in [-0.15, -0.1) is 10.2 Å². The van der Waals surface area contributed by atoms with Crippen LogP contribution in [0.3, 0.4) is 0 Å². The van der Waals surface area contributed by atoms with Gasteiger partial charge < -0.3 is 4.74 Å². The number of benzene rings is 3. The highest BCUT2D eigenvalue weighted by Gasteiger charge is 2.12. The molecular formula is C24H18ClN3OS. The maximum atomic E-state index is 6.21. The maximum Gasteiger partial charge on any atom is 0.196 e. The van der Waals surface area contributed by atoms with Crippen molar-refractivity contribution in [3.8, 4) is 11.5 Å². The number of aromatic nitrogens is 3. The standard InChI is InChI=1S/C24H18ClN3OS/c1-16-12-23-26-27-24(28(23)22-11-10-18(25)14-21(16)22)30-15-17-6-5-9-20(13-17)29-19-7-3-2-4-8-19/h2-14H,15H2,1H3. The van der Waals surface area contributed by atoms with Crippen LogP contribution in [-0.4, -0.2) is 14.6 Å². The molecule has 0 fully saturated rings. The Morgan fingerprint density at radius 3 is 2.60 bits per heavy atom. The van der Waals surface area contributed by atoms with E-state index in [1.165, 1.54) is 0 Å². The van der Waals surface area contributed by atoms with Crippen LogP contribution in [-0.2, 0) is 5.75 Å². The predicted molar refractivity (Wildman–Crippen MR) is 123 cm³/mol. The summed E-state index contributed by atoms with van der Waals surface area (Å²) in [4.78, 5) is 0. The van der Waals surface area contributed by atoms with E-state index in [-0.39, 0.29) is 0 Å². The zero-order valence-electron chi connectivity index (χ0n) is 16.2. The quantitative estimate of drug-likeness (QED) is 0.283. The van der Waals surface area contributed by atoms with Crippen molar-refractivity contribution >= 4 is 39.9 Å². The van der Waals surface area contributed by atoms with E-state index in [1.54, 1.807) is 11.8 Å². The molecule has 2 aromatic heterocycles. The van der Waals surface area contributed by atoms with Crippen molar-refractivity contribution in [1.29, 1.82) is 0 Å². The molecule has 3 aromatic carbocycles. The highest BCUT2D eigenvalue weighted by atomic mass is 35.5. The average Bonchev–Trinajstić information content (AvgIpc) is 3.16. The van der Waals surface area contributed by atoms with Gasteiger partial charge in [0.1, 0.15) is 11.5 Å². The van der Waals surface area contributed by atoms with Gasteiger partial charge in [-0.05, 0) is 66.6 Å². The summed E-state index contributed by atoms with van der Waals surface area (Å²) in [7, 11) is 0. The molecule has 2 heterocycles. The zero-order chi connectivity index (χ0) is 20.5. The van der Waals surface area contributed by atoms with E-state index in [4.69, 9.17) is 16.3 Å². The molecule has 0 aliphatic carbocycles. The van der Waals surface area contributed by atoms with E-state index in [0.29, 0.717) is 0 Å². The zero-order valence-corrected chi connectivity index (χ0v) is 17.8. The fraction of sp³-hybridized carbons (Fsp3) is 0.0833. The third-order valence-corrected chi connectivity index (χ3v) is 6.11. The van der Waals surface area contributed by atoms with Crippen molar-refractivity contribution in [2.24, 2.45) is 0 Å². The molecule has 5 aromatic rings. The molecule has 0 saturated heterocycles. The SMILES string of the molecule is Cc1cc2nnc(SCc3cccc(Oc4ccccc4)c3)n2c2ccc(Cl)cc12. The average molecular weight is 432 g/mol. The molecule has 0 bridgehead atoms. The number of rotatable bonds is 5. The normalized spacial score (nSPS) is 11.3. The number of pyridine rings is 1. The summed E-state index contributed by atoms with van der Waals surface area (Å²) in [5.74, 6) is 2.41. The van der Waals surface area contributed by atoms with Crippen molar-refractivity contribution in [1.82, 2.24) is 14.6 Å². The number of fused-ring (bicyclic) bond motifs is 3. The Morgan fingerprint density at radius 2 is 1.73 bits per heavy atom. The first-order valence-electron chi connectivity index (χ1n) is 9.56. The minimum atomic E-state index is 0.724. The fourth-order valence-electron chi connectivity index (χ4n) is 3.46. The molecule has 0 radical (unpaired) electrons. The van der Waals surface area contributed by atoms with Crippen LogP contribution in [0.1, 0.15) is 11.1 Å². The molecule has 148 valence electrons. The van der Waals surface area contributed by atoms with E-state index in [9.17, 15) is 0 Å². The molecule has 0 amide bonds. The minimum absolute atomic E-state index is 0.724. The van der Waals surface area contributed by atoms with Gasteiger partial charge in [0.25, 0.3) is 0 Å². The van der Waals surface area contributed by atoms with Gasteiger partial charge in [-0.2, -0.15) is 0 Å². The number of hydrogen-bond donors (Lipinski definition) is 0. The lowest BCUT2D eigenvalue weighted by Crippen LogP contribution is -1.94. The van der Waals surface area contributed by atoms with Gasteiger partial charge in [0, 0.05) is 16.2 Å². The van der Waals surface area contributed by atoms with Gasteiger partial charge in [-0.3, -0.25) is 4.40 Å². The van der Waals surface area contributed by atoms with Crippen LogP contribution in [0.5, 0.6) is 11.5 Å². The number of para-hydroxylation sites is 1. The molecule has 30 heavy (non-hydrogen) atoms. The van der Waals surface area contributed by atoms with Crippen LogP contribution in [0.25, 0.3) is 16.6 Å². The van der Waals surface area contributed by atoms with E-state index in [1.807, 2.05) is 66.7 Å². The third-order valence-electron chi connectivity index (χ3n) is 4.87. The Kier molecular flexibility index (Phi) is 5.07. The van der Waals surface area contributed by atoms with Crippen molar-refractivity contribution < 1.29 is 4.74 Å². The Balaban J connectivity index is 1.42.